The third-order valence-corrected chi connectivity index (χ3v) is 3.97. The van der Waals surface area contributed by atoms with Gasteiger partial charge in [0.05, 0.1) is 12.1 Å². The first-order valence-corrected chi connectivity index (χ1v) is 7.66. The van der Waals surface area contributed by atoms with Crippen molar-refractivity contribution in [2.45, 2.75) is 58.0 Å². The summed E-state index contributed by atoms with van der Waals surface area (Å²) in [4.78, 5) is 13.2. The van der Waals surface area contributed by atoms with Crippen LogP contribution in [0.5, 0.6) is 0 Å². The Hall–Kier alpha value is -0.870. The largest absolute Gasteiger partial charge is 0.347 e. The number of nitrogens with one attached hydrogen (secondary N) is 1. The minimum absolute atomic E-state index is 0.0182. The molecule has 1 amide bonds. The summed E-state index contributed by atoms with van der Waals surface area (Å²) in [6, 6.07) is 3.84. The maximum absolute atomic E-state index is 12.0. The highest BCUT2D eigenvalue weighted by atomic mass is 32.1. The molecule has 1 aromatic rings. The summed E-state index contributed by atoms with van der Waals surface area (Å²) in [6.45, 7) is 4.24. The molecule has 0 aliphatic rings. The Labute approximate surface area is 114 Å². The molecule has 3 nitrogen and oxygen atoms in total. The molecule has 0 aromatic carbocycles. The average Bonchev–Trinajstić information content (AvgIpc) is 2.89. The quantitative estimate of drug-likeness (QED) is 0.760. The van der Waals surface area contributed by atoms with Crippen molar-refractivity contribution in [1.82, 2.24) is 5.32 Å². The van der Waals surface area contributed by atoms with Gasteiger partial charge in [-0.15, -0.1) is 11.3 Å². The van der Waals surface area contributed by atoms with Crippen molar-refractivity contribution in [2.24, 2.45) is 5.73 Å². The monoisotopic (exact) mass is 268 g/mol. The molecular weight excluding hydrogens is 244 g/mol. The van der Waals surface area contributed by atoms with E-state index < -0.39 is 0 Å². The minimum atomic E-state index is -0.371. The molecule has 3 N–H and O–H groups in total. The molecule has 1 heterocycles. The van der Waals surface area contributed by atoms with E-state index in [1.165, 1.54) is 4.88 Å². The molecule has 1 rings (SSSR count). The van der Waals surface area contributed by atoms with E-state index in [4.69, 9.17) is 5.73 Å². The highest BCUT2D eigenvalue weighted by Gasteiger charge is 2.18. The zero-order chi connectivity index (χ0) is 13.4. The van der Waals surface area contributed by atoms with Crippen LogP contribution in [-0.2, 0) is 4.79 Å². The highest BCUT2D eigenvalue weighted by Crippen LogP contribution is 2.23. The van der Waals surface area contributed by atoms with Crippen LogP contribution < -0.4 is 11.1 Å². The third-order valence-electron chi connectivity index (χ3n) is 2.99. The molecule has 0 aliphatic heterocycles. The molecule has 0 radical (unpaired) electrons. The first kappa shape index (κ1) is 15.2. The van der Waals surface area contributed by atoms with Crippen molar-refractivity contribution in [2.75, 3.05) is 0 Å². The van der Waals surface area contributed by atoms with E-state index in [1.807, 2.05) is 11.4 Å². The normalized spacial score (nSPS) is 14.2. The van der Waals surface area contributed by atoms with E-state index in [-0.39, 0.29) is 18.0 Å². The van der Waals surface area contributed by atoms with Crippen LogP contribution in [0.25, 0.3) is 0 Å². The van der Waals surface area contributed by atoms with E-state index in [0.717, 1.165) is 32.1 Å². The maximum Gasteiger partial charge on any atom is 0.237 e. The Bertz CT molecular complexity index is 338. The maximum atomic E-state index is 12.0. The lowest BCUT2D eigenvalue weighted by atomic mass is 10.1. The van der Waals surface area contributed by atoms with Crippen molar-refractivity contribution in [3.63, 3.8) is 0 Å². The first-order valence-electron chi connectivity index (χ1n) is 6.78. The summed E-state index contributed by atoms with van der Waals surface area (Å²) in [6.07, 6.45) is 4.86. The lowest BCUT2D eigenvalue weighted by molar-refractivity contribution is -0.123. The van der Waals surface area contributed by atoms with Gasteiger partial charge < -0.3 is 11.1 Å². The average molecular weight is 268 g/mol. The van der Waals surface area contributed by atoms with Crippen LogP contribution in [0.1, 0.15) is 56.9 Å². The fraction of sp³-hybridized carbons (Fsp3) is 0.643. The molecule has 2 atom stereocenters. The van der Waals surface area contributed by atoms with E-state index in [9.17, 15) is 4.79 Å². The van der Waals surface area contributed by atoms with E-state index in [2.05, 4.69) is 25.2 Å². The third kappa shape index (κ3) is 4.78. The summed E-state index contributed by atoms with van der Waals surface area (Å²) >= 11 is 1.69. The molecule has 0 saturated heterocycles. The van der Waals surface area contributed by atoms with Gasteiger partial charge in [0.1, 0.15) is 0 Å². The fourth-order valence-electron chi connectivity index (χ4n) is 1.90. The van der Waals surface area contributed by atoms with Gasteiger partial charge in [-0.05, 0) is 24.3 Å². The van der Waals surface area contributed by atoms with Gasteiger partial charge in [0.2, 0.25) is 5.91 Å². The fourth-order valence-corrected chi connectivity index (χ4v) is 2.71. The molecule has 1 aromatic heterocycles. The molecule has 102 valence electrons. The number of unbranched alkanes of at least 4 members (excludes halogenated alkanes) is 1. The zero-order valence-corrected chi connectivity index (χ0v) is 12.1. The molecule has 0 saturated carbocycles. The van der Waals surface area contributed by atoms with Gasteiger partial charge in [0.25, 0.3) is 0 Å². The number of hydrogen-bond donors (Lipinski definition) is 2. The van der Waals surface area contributed by atoms with Crippen LogP contribution in [-0.4, -0.2) is 11.9 Å². The van der Waals surface area contributed by atoms with Crippen LogP contribution in [0.2, 0.25) is 0 Å². The SMILES string of the molecule is CCCC[C@H](N)C(=O)NC(CCC)c1cccs1. The predicted molar refractivity (Wildman–Crippen MR) is 77.6 cm³/mol. The molecule has 0 aliphatic carbocycles. The topological polar surface area (TPSA) is 55.1 Å². The minimum Gasteiger partial charge on any atom is -0.347 e. The summed E-state index contributed by atoms with van der Waals surface area (Å²) < 4.78 is 0. The smallest absolute Gasteiger partial charge is 0.237 e. The highest BCUT2D eigenvalue weighted by molar-refractivity contribution is 7.10. The van der Waals surface area contributed by atoms with Gasteiger partial charge in [-0.1, -0.05) is 39.2 Å². The Balaban J connectivity index is 2.53. The van der Waals surface area contributed by atoms with Crippen LogP contribution in [0.3, 0.4) is 0 Å². The van der Waals surface area contributed by atoms with Crippen LogP contribution in [0.4, 0.5) is 0 Å². The second-order valence-corrected chi connectivity index (χ2v) is 5.59. The second kappa shape index (κ2) is 8.27. The van der Waals surface area contributed by atoms with Gasteiger partial charge in [-0.2, -0.15) is 0 Å². The van der Waals surface area contributed by atoms with Gasteiger partial charge in [-0.25, -0.2) is 0 Å². The van der Waals surface area contributed by atoms with Gasteiger partial charge in [0.15, 0.2) is 0 Å². The summed E-state index contributed by atoms with van der Waals surface area (Å²) in [5.41, 5.74) is 5.89. The van der Waals surface area contributed by atoms with Gasteiger partial charge >= 0.3 is 0 Å². The lowest BCUT2D eigenvalue weighted by Crippen LogP contribution is -2.42. The Morgan fingerprint density at radius 1 is 1.39 bits per heavy atom. The van der Waals surface area contributed by atoms with Crippen molar-refractivity contribution in [1.29, 1.82) is 0 Å². The standard InChI is InChI=1S/C14H24N2OS/c1-3-5-8-11(15)14(17)16-12(7-4-2)13-9-6-10-18-13/h6,9-12H,3-5,7-8,15H2,1-2H3,(H,16,17)/t11-,12?/m0/s1. The van der Waals surface area contributed by atoms with Crippen molar-refractivity contribution in [3.8, 4) is 0 Å². The van der Waals surface area contributed by atoms with Gasteiger partial charge in [0, 0.05) is 4.88 Å². The molecule has 0 bridgehead atoms. The van der Waals surface area contributed by atoms with Crippen molar-refractivity contribution >= 4 is 17.2 Å². The summed E-state index contributed by atoms with van der Waals surface area (Å²) in [5, 5.41) is 5.12. The number of carbonyl (C=O) groups is 1. The van der Waals surface area contributed by atoms with Crippen LogP contribution in [0, 0.1) is 0 Å². The number of nitrogens with two attached hydrogens (primary N) is 1. The first-order chi connectivity index (χ1) is 8.69. The summed E-state index contributed by atoms with van der Waals surface area (Å²) in [5.74, 6) is -0.0182. The van der Waals surface area contributed by atoms with E-state index in [0.29, 0.717) is 0 Å². The molecular formula is C14H24N2OS. The summed E-state index contributed by atoms with van der Waals surface area (Å²) in [7, 11) is 0. The Morgan fingerprint density at radius 3 is 2.72 bits per heavy atom. The van der Waals surface area contributed by atoms with E-state index >= 15 is 0 Å². The number of hydrogen-bond acceptors (Lipinski definition) is 3. The molecule has 18 heavy (non-hydrogen) atoms. The van der Waals surface area contributed by atoms with Crippen molar-refractivity contribution in [3.05, 3.63) is 22.4 Å². The van der Waals surface area contributed by atoms with Crippen LogP contribution >= 0.6 is 11.3 Å². The number of amides is 1. The number of carbonyl (C=O) groups excluding carboxylic acids is 1. The van der Waals surface area contributed by atoms with Gasteiger partial charge in [-0.3, -0.25) is 4.79 Å². The predicted octanol–water partition coefficient (Wildman–Crippen LogP) is 3.22. The Kier molecular flexibility index (Phi) is 6.98. The molecule has 0 fully saturated rings. The number of thiophene rings is 1. The Morgan fingerprint density at radius 2 is 2.17 bits per heavy atom. The zero-order valence-electron chi connectivity index (χ0n) is 11.3. The molecule has 4 heteroatoms. The van der Waals surface area contributed by atoms with E-state index in [1.54, 1.807) is 11.3 Å². The molecule has 1 unspecified atom stereocenters. The molecule has 0 spiro atoms. The van der Waals surface area contributed by atoms with Crippen molar-refractivity contribution < 1.29 is 4.79 Å². The number of rotatable bonds is 8. The second-order valence-electron chi connectivity index (χ2n) is 4.61. The lowest BCUT2D eigenvalue weighted by Gasteiger charge is -2.19. The van der Waals surface area contributed by atoms with Crippen LogP contribution in [0.15, 0.2) is 17.5 Å².